The molecular weight excluding hydrogens is 148 g/mol. The molecule has 1 spiro atoms. The van der Waals surface area contributed by atoms with E-state index in [1.807, 2.05) is 0 Å². The Morgan fingerprint density at radius 3 is 2.45 bits per heavy atom. The van der Waals surface area contributed by atoms with Crippen LogP contribution in [-0.2, 0) is 19.1 Å². The van der Waals surface area contributed by atoms with Crippen molar-refractivity contribution in [2.45, 2.75) is 12.0 Å². The fourth-order valence-electron chi connectivity index (χ4n) is 1.22. The predicted molar refractivity (Wildman–Crippen MR) is 34.1 cm³/mol. The Morgan fingerprint density at radius 2 is 2.00 bits per heavy atom. The molecule has 0 unspecified atom stereocenters. The van der Waals surface area contributed by atoms with Crippen LogP contribution in [0.25, 0.3) is 0 Å². The molecule has 2 aliphatic rings. The summed E-state index contributed by atoms with van der Waals surface area (Å²) in [7, 11) is 0. The topological polar surface area (TPSA) is 52.6 Å². The lowest BCUT2D eigenvalue weighted by atomic mass is 9.90. The lowest BCUT2D eigenvalue weighted by Gasteiger charge is -2.41. The van der Waals surface area contributed by atoms with Crippen molar-refractivity contribution >= 4 is 11.6 Å². The van der Waals surface area contributed by atoms with Crippen molar-refractivity contribution < 1.29 is 19.1 Å². The molecule has 0 aromatic heterocycles. The SMILES string of the molecule is O=C1COC2(COC2)C(=O)C1. The second-order valence-corrected chi connectivity index (χ2v) is 2.91. The van der Waals surface area contributed by atoms with Gasteiger partial charge in [0.05, 0.1) is 19.6 Å². The van der Waals surface area contributed by atoms with Crippen molar-refractivity contribution in [2.24, 2.45) is 0 Å². The molecule has 0 saturated carbocycles. The summed E-state index contributed by atoms with van der Waals surface area (Å²) in [5.74, 6) is -0.257. The molecule has 0 bridgehead atoms. The average Bonchev–Trinajstić information content (AvgIpc) is 1.84. The van der Waals surface area contributed by atoms with E-state index in [9.17, 15) is 9.59 Å². The molecule has 0 aromatic rings. The molecule has 2 fully saturated rings. The Bertz CT molecular complexity index is 216. The minimum absolute atomic E-state index is 0.0172. The Labute approximate surface area is 63.5 Å². The van der Waals surface area contributed by atoms with Crippen LogP contribution < -0.4 is 0 Å². The second-order valence-electron chi connectivity index (χ2n) is 2.91. The molecule has 11 heavy (non-hydrogen) atoms. The maximum atomic E-state index is 11.2. The van der Waals surface area contributed by atoms with E-state index in [1.165, 1.54) is 0 Å². The van der Waals surface area contributed by atoms with E-state index in [0.29, 0.717) is 13.2 Å². The number of hydrogen-bond acceptors (Lipinski definition) is 4. The standard InChI is InChI=1S/C7H8O4/c8-5-1-6(9)7(11-2-5)3-10-4-7/h1-4H2. The fourth-order valence-corrected chi connectivity index (χ4v) is 1.22. The third-order valence-electron chi connectivity index (χ3n) is 2.05. The van der Waals surface area contributed by atoms with Crippen molar-refractivity contribution in [1.82, 2.24) is 0 Å². The summed E-state index contributed by atoms with van der Waals surface area (Å²) >= 11 is 0. The first kappa shape index (κ1) is 6.94. The van der Waals surface area contributed by atoms with Gasteiger partial charge in [0.2, 0.25) is 0 Å². The van der Waals surface area contributed by atoms with Crippen LogP contribution in [0.5, 0.6) is 0 Å². The maximum absolute atomic E-state index is 11.2. The molecule has 2 rings (SSSR count). The Morgan fingerprint density at radius 1 is 1.27 bits per heavy atom. The van der Waals surface area contributed by atoms with Crippen LogP contribution in [0, 0.1) is 0 Å². The molecule has 4 heteroatoms. The minimum atomic E-state index is -0.742. The van der Waals surface area contributed by atoms with Gasteiger partial charge in [-0.1, -0.05) is 0 Å². The number of hydrogen-bond donors (Lipinski definition) is 0. The quantitative estimate of drug-likeness (QED) is 0.436. The van der Waals surface area contributed by atoms with Crippen molar-refractivity contribution in [2.75, 3.05) is 19.8 Å². The van der Waals surface area contributed by atoms with Crippen LogP contribution in [-0.4, -0.2) is 37.0 Å². The van der Waals surface area contributed by atoms with E-state index in [2.05, 4.69) is 0 Å². The summed E-state index contributed by atoms with van der Waals surface area (Å²) < 4.78 is 9.97. The summed E-state index contributed by atoms with van der Waals surface area (Å²) in [6.07, 6.45) is 0.0172. The van der Waals surface area contributed by atoms with E-state index in [1.54, 1.807) is 0 Å². The minimum Gasteiger partial charge on any atom is -0.374 e. The smallest absolute Gasteiger partial charge is 0.176 e. The fraction of sp³-hybridized carbons (Fsp3) is 0.714. The largest absolute Gasteiger partial charge is 0.374 e. The molecule has 4 nitrogen and oxygen atoms in total. The first-order valence-electron chi connectivity index (χ1n) is 3.50. The monoisotopic (exact) mass is 156 g/mol. The van der Waals surface area contributed by atoms with Gasteiger partial charge in [-0.05, 0) is 0 Å². The normalized spacial score (nSPS) is 28.7. The summed E-state index contributed by atoms with van der Waals surface area (Å²) in [6, 6.07) is 0. The average molecular weight is 156 g/mol. The molecule has 0 atom stereocenters. The van der Waals surface area contributed by atoms with Gasteiger partial charge >= 0.3 is 0 Å². The molecule has 0 amide bonds. The number of carbonyl (C=O) groups is 2. The zero-order valence-corrected chi connectivity index (χ0v) is 5.96. The highest BCUT2D eigenvalue weighted by molar-refractivity contribution is 6.06. The van der Waals surface area contributed by atoms with Gasteiger partial charge in [0.15, 0.2) is 17.2 Å². The second kappa shape index (κ2) is 2.12. The lowest BCUT2D eigenvalue weighted by Crippen LogP contribution is -2.61. The molecule has 0 aliphatic carbocycles. The van der Waals surface area contributed by atoms with Gasteiger partial charge in [0.25, 0.3) is 0 Å². The van der Waals surface area contributed by atoms with Crippen molar-refractivity contribution in [1.29, 1.82) is 0 Å². The summed E-state index contributed by atoms with van der Waals surface area (Å²) in [5, 5.41) is 0. The number of Topliss-reactive ketones (excluding diaryl/α,β-unsaturated/α-hetero) is 2. The summed E-state index contributed by atoms with van der Waals surface area (Å²) in [4.78, 5) is 21.9. The molecule has 2 aliphatic heterocycles. The number of rotatable bonds is 0. The lowest BCUT2D eigenvalue weighted by molar-refractivity contribution is -0.215. The molecule has 0 radical (unpaired) electrons. The molecule has 60 valence electrons. The first-order valence-corrected chi connectivity index (χ1v) is 3.50. The van der Waals surface area contributed by atoms with Crippen molar-refractivity contribution in [3.63, 3.8) is 0 Å². The third-order valence-corrected chi connectivity index (χ3v) is 2.05. The van der Waals surface area contributed by atoms with Gasteiger partial charge in [-0.2, -0.15) is 0 Å². The maximum Gasteiger partial charge on any atom is 0.176 e. The van der Waals surface area contributed by atoms with Crippen LogP contribution in [0.15, 0.2) is 0 Å². The highest BCUT2D eigenvalue weighted by Gasteiger charge is 2.49. The number of ether oxygens (including phenoxy) is 2. The molecule has 2 saturated heterocycles. The van der Waals surface area contributed by atoms with Crippen molar-refractivity contribution in [3.05, 3.63) is 0 Å². The molecule has 2 heterocycles. The first-order chi connectivity index (χ1) is 5.23. The van der Waals surface area contributed by atoms with Gasteiger partial charge in [0, 0.05) is 0 Å². The zero-order valence-electron chi connectivity index (χ0n) is 5.96. The van der Waals surface area contributed by atoms with Gasteiger partial charge < -0.3 is 9.47 Å². The molecule has 0 N–H and O–H groups in total. The zero-order chi connectivity index (χ0) is 7.90. The molecule has 0 aromatic carbocycles. The highest BCUT2D eigenvalue weighted by Crippen LogP contribution is 2.27. The van der Waals surface area contributed by atoms with E-state index < -0.39 is 5.60 Å². The molecular formula is C7H8O4. The van der Waals surface area contributed by atoms with E-state index in [4.69, 9.17) is 9.47 Å². The van der Waals surface area contributed by atoms with E-state index >= 15 is 0 Å². The Balaban J connectivity index is 2.13. The van der Waals surface area contributed by atoms with Gasteiger partial charge in [0.1, 0.15) is 6.61 Å². The van der Waals surface area contributed by atoms with E-state index in [0.717, 1.165) is 0 Å². The Kier molecular flexibility index (Phi) is 1.34. The van der Waals surface area contributed by atoms with Gasteiger partial charge in [-0.15, -0.1) is 0 Å². The summed E-state index contributed by atoms with van der Waals surface area (Å²) in [6.45, 7) is 0.702. The van der Waals surface area contributed by atoms with Crippen LogP contribution in [0.3, 0.4) is 0 Å². The Hall–Kier alpha value is -0.740. The summed E-state index contributed by atoms with van der Waals surface area (Å²) in [5.41, 5.74) is -0.742. The number of carbonyl (C=O) groups excluding carboxylic acids is 2. The third kappa shape index (κ3) is 0.902. The van der Waals surface area contributed by atoms with Gasteiger partial charge in [-0.25, -0.2) is 0 Å². The van der Waals surface area contributed by atoms with Crippen LogP contribution in [0.4, 0.5) is 0 Å². The van der Waals surface area contributed by atoms with Crippen LogP contribution in [0.2, 0.25) is 0 Å². The van der Waals surface area contributed by atoms with Gasteiger partial charge in [-0.3, -0.25) is 9.59 Å². The van der Waals surface area contributed by atoms with Crippen LogP contribution >= 0.6 is 0 Å². The predicted octanol–water partition coefficient (Wildman–Crippen LogP) is -0.686. The number of ketones is 2. The highest BCUT2D eigenvalue weighted by atomic mass is 16.6. The van der Waals surface area contributed by atoms with Crippen molar-refractivity contribution in [3.8, 4) is 0 Å². The van der Waals surface area contributed by atoms with E-state index in [-0.39, 0.29) is 24.6 Å². The van der Waals surface area contributed by atoms with Crippen LogP contribution in [0.1, 0.15) is 6.42 Å².